The highest BCUT2D eigenvalue weighted by Gasteiger charge is 2.61. The summed E-state index contributed by atoms with van der Waals surface area (Å²) in [6, 6.07) is 0.172. The molecule has 1 aliphatic heterocycles. The van der Waals surface area contributed by atoms with Gasteiger partial charge in [-0.05, 0) is 110 Å². The Bertz CT molecular complexity index is 1520. The summed E-state index contributed by atoms with van der Waals surface area (Å²) in [4.78, 5) is 61.9. The summed E-state index contributed by atoms with van der Waals surface area (Å²) in [5, 5.41) is 3.76. The number of hydrogen-bond donors (Lipinski definition) is 1. The van der Waals surface area contributed by atoms with Crippen molar-refractivity contribution in [2.75, 3.05) is 20.3 Å². The fraction of sp³-hybridized carbons (Fsp3) is 0.894. The molecule has 1 N–H and O–H groups in total. The lowest BCUT2D eigenvalue weighted by Gasteiger charge is -2.61. The molecule has 5 fully saturated rings. The maximum atomic E-state index is 12.6. The summed E-state index contributed by atoms with van der Waals surface area (Å²) < 4.78 is 40.8. The van der Waals surface area contributed by atoms with Gasteiger partial charge in [-0.1, -0.05) is 53.9 Å². The molecule has 4 aliphatic carbocycles. The third-order valence-corrected chi connectivity index (χ3v) is 15.8. The van der Waals surface area contributed by atoms with Gasteiger partial charge in [-0.3, -0.25) is 24.0 Å². The Balaban J connectivity index is 1.32. The standard InChI is InChI=1S/C47H77NO12/c1-27(2)13-12-14-28(3)37-17-18-38-36-16-15-34-23-35(19-21-45(34,9)39(36)20-22-46(37,38)10)48-26-47(54-11)24-40(56-30(5)50)42(58-32(7)52)44(60-47)43(59-33(8)53)41(57-31(6)51)25-55-29(4)49/h27-28,34-44,48H,12-26H2,1-11H3/t28-,34?,35?,36+,37-,38+,39+,40+,41+,42-,43-,44-,45+,46-,47+/m1/s1. The van der Waals surface area contributed by atoms with Gasteiger partial charge >= 0.3 is 29.8 Å². The van der Waals surface area contributed by atoms with E-state index in [4.69, 9.17) is 33.2 Å². The first-order chi connectivity index (χ1) is 28.2. The molecule has 0 amide bonds. The van der Waals surface area contributed by atoms with E-state index in [1.54, 1.807) is 0 Å². The number of carbonyl (C=O) groups is 5. The molecule has 13 nitrogen and oxygen atoms in total. The highest BCUT2D eigenvalue weighted by molar-refractivity contribution is 5.69. The number of ether oxygens (including phenoxy) is 7. The van der Waals surface area contributed by atoms with Gasteiger partial charge in [0.1, 0.15) is 18.8 Å². The molecule has 1 heterocycles. The smallest absolute Gasteiger partial charge is 0.303 e. The molecular weight excluding hydrogens is 771 g/mol. The van der Waals surface area contributed by atoms with Crippen LogP contribution in [-0.2, 0) is 57.1 Å². The molecule has 0 aromatic carbocycles. The van der Waals surface area contributed by atoms with Crippen LogP contribution in [0.3, 0.4) is 0 Å². The summed E-state index contributed by atoms with van der Waals surface area (Å²) in [5.41, 5.74) is 0.746. The predicted molar refractivity (Wildman–Crippen MR) is 223 cm³/mol. The molecule has 0 aromatic rings. The second kappa shape index (κ2) is 20.2. The number of fused-ring (bicyclic) bond motifs is 5. The SMILES string of the molecule is CO[C@@]1(CNC2CC[C@@]3(C)C(CC[C@H]4[C@@H]5CC[C@H]([C@H](C)CCCC(C)C)[C@@]5(C)CC[C@@H]43)C2)C[C@H](OC(C)=O)[C@@H](OC(C)=O)[C@H]([C@H](OC(C)=O)[C@H](COC(C)=O)OC(C)=O)O1. The Hall–Kier alpha value is -2.77. The van der Waals surface area contributed by atoms with Crippen LogP contribution >= 0.6 is 0 Å². The topological polar surface area (TPSA) is 162 Å². The first-order valence-corrected chi connectivity index (χ1v) is 23.0. The van der Waals surface area contributed by atoms with E-state index in [1.165, 1.54) is 92.6 Å². The van der Waals surface area contributed by atoms with Crippen molar-refractivity contribution in [3.05, 3.63) is 0 Å². The van der Waals surface area contributed by atoms with Crippen LogP contribution in [0.25, 0.3) is 0 Å². The molecule has 13 heteroatoms. The molecule has 0 spiro atoms. The van der Waals surface area contributed by atoms with Crippen LogP contribution in [-0.4, -0.2) is 92.5 Å². The first kappa shape index (κ1) is 48.3. The van der Waals surface area contributed by atoms with Crippen LogP contribution in [0.1, 0.15) is 153 Å². The zero-order valence-corrected chi connectivity index (χ0v) is 38.5. The quantitative estimate of drug-likeness (QED) is 0.113. The molecule has 5 aliphatic rings. The molecule has 2 unspecified atom stereocenters. The largest absolute Gasteiger partial charge is 0.462 e. The van der Waals surface area contributed by atoms with E-state index in [0.29, 0.717) is 11.3 Å². The third kappa shape index (κ3) is 11.1. The summed E-state index contributed by atoms with van der Waals surface area (Å²) in [7, 11) is 1.48. The van der Waals surface area contributed by atoms with E-state index >= 15 is 0 Å². The first-order valence-electron chi connectivity index (χ1n) is 23.0. The van der Waals surface area contributed by atoms with E-state index < -0.39 is 72.8 Å². The summed E-state index contributed by atoms with van der Waals surface area (Å²) in [5.74, 6) is 0.406. The van der Waals surface area contributed by atoms with E-state index in [0.717, 1.165) is 61.7 Å². The van der Waals surface area contributed by atoms with Gasteiger partial charge < -0.3 is 38.5 Å². The van der Waals surface area contributed by atoms with Gasteiger partial charge in [0.25, 0.3) is 0 Å². The number of esters is 5. The van der Waals surface area contributed by atoms with Crippen molar-refractivity contribution in [1.29, 1.82) is 0 Å². The zero-order valence-electron chi connectivity index (χ0n) is 38.5. The van der Waals surface area contributed by atoms with Crippen LogP contribution in [0.2, 0.25) is 0 Å². The average Bonchev–Trinajstić information content (AvgIpc) is 3.52. The van der Waals surface area contributed by atoms with Crippen LogP contribution in [0.15, 0.2) is 0 Å². The van der Waals surface area contributed by atoms with Crippen LogP contribution in [0.4, 0.5) is 0 Å². The number of carbonyl (C=O) groups excluding carboxylic acids is 5. The Morgan fingerprint density at radius 3 is 2.03 bits per heavy atom. The van der Waals surface area contributed by atoms with Gasteiger partial charge in [0.15, 0.2) is 24.1 Å². The lowest BCUT2D eigenvalue weighted by atomic mass is 9.44. The zero-order chi connectivity index (χ0) is 44.2. The molecule has 1 saturated heterocycles. The van der Waals surface area contributed by atoms with E-state index in [1.807, 2.05) is 0 Å². The van der Waals surface area contributed by atoms with Crippen LogP contribution < -0.4 is 5.32 Å². The number of nitrogens with one attached hydrogen (secondary N) is 1. The summed E-state index contributed by atoms with van der Waals surface area (Å²) >= 11 is 0. The lowest BCUT2D eigenvalue weighted by molar-refractivity contribution is -0.330. The van der Waals surface area contributed by atoms with E-state index in [-0.39, 0.29) is 24.4 Å². The summed E-state index contributed by atoms with van der Waals surface area (Å²) in [6.07, 6.45) is 8.55. The minimum atomic E-state index is -1.46. The fourth-order valence-electron chi connectivity index (χ4n) is 13.1. The van der Waals surface area contributed by atoms with Gasteiger partial charge in [-0.2, -0.15) is 0 Å². The van der Waals surface area contributed by atoms with Crippen molar-refractivity contribution in [3.8, 4) is 0 Å². The van der Waals surface area contributed by atoms with Gasteiger partial charge in [0, 0.05) is 54.2 Å². The van der Waals surface area contributed by atoms with Crippen molar-refractivity contribution in [2.24, 2.45) is 52.3 Å². The van der Waals surface area contributed by atoms with Gasteiger partial charge in [-0.25, -0.2) is 0 Å². The third-order valence-electron chi connectivity index (χ3n) is 15.8. The molecular formula is C47H77NO12. The maximum Gasteiger partial charge on any atom is 0.303 e. The molecule has 0 radical (unpaired) electrons. The number of hydrogen-bond acceptors (Lipinski definition) is 13. The second-order valence-corrected chi connectivity index (χ2v) is 20.2. The van der Waals surface area contributed by atoms with Crippen molar-refractivity contribution in [1.82, 2.24) is 5.32 Å². The Morgan fingerprint density at radius 1 is 0.750 bits per heavy atom. The van der Waals surface area contributed by atoms with Crippen molar-refractivity contribution >= 4 is 29.8 Å². The van der Waals surface area contributed by atoms with E-state index in [2.05, 4.69) is 39.9 Å². The predicted octanol–water partition coefficient (Wildman–Crippen LogP) is 7.49. The monoisotopic (exact) mass is 848 g/mol. The van der Waals surface area contributed by atoms with Crippen LogP contribution in [0.5, 0.6) is 0 Å². The fourth-order valence-corrected chi connectivity index (χ4v) is 13.1. The Morgan fingerprint density at radius 2 is 1.42 bits per heavy atom. The highest BCUT2D eigenvalue weighted by Crippen LogP contribution is 2.68. The molecule has 4 saturated carbocycles. The molecule has 5 rings (SSSR count). The maximum absolute atomic E-state index is 12.6. The number of methoxy groups -OCH3 is 1. The average molecular weight is 848 g/mol. The van der Waals surface area contributed by atoms with E-state index in [9.17, 15) is 24.0 Å². The molecule has 0 bridgehead atoms. The Kier molecular flexibility index (Phi) is 16.2. The Labute approximate surface area is 359 Å². The minimum Gasteiger partial charge on any atom is -0.462 e. The van der Waals surface area contributed by atoms with Crippen LogP contribution in [0, 0.1) is 52.3 Å². The summed E-state index contributed by atoms with van der Waals surface area (Å²) in [6.45, 7) is 18.1. The molecule has 15 atom stereocenters. The van der Waals surface area contributed by atoms with Gasteiger partial charge in [-0.15, -0.1) is 0 Å². The van der Waals surface area contributed by atoms with Crippen molar-refractivity contribution in [2.45, 2.75) is 195 Å². The van der Waals surface area contributed by atoms with Crippen molar-refractivity contribution < 1.29 is 57.1 Å². The minimum absolute atomic E-state index is 0.0192. The van der Waals surface area contributed by atoms with Crippen molar-refractivity contribution in [3.63, 3.8) is 0 Å². The normalized spacial score (nSPS) is 37.6. The van der Waals surface area contributed by atoms with Gasteiger partial charge in [0.05, 0.1) is 6.54 Å². The number of rotatable bonds is 17. The lowest BCUT2D eigenvalue weighted by Crippen LogP contribution is -2.66. The molecule has 0 aromatic heterocycles. The second-order valence-electron chi connectivity index (χ2n) is 20.2. The molecule has 342 valence electrons. The molecule has 60 heavy (non-hydrogen) atoms. The highest BCUT2D eigenvalue weighted by atomic mass is 16.7. The van der Waals surface area contributed by atoms with Gasteiger partial charge in [0.2, 0.25) is 0 Å².